The maximum atomic E-state index is 12.9. The van der Waals surface area contributed by atoms with Gasteiger partial charge in [0.25, 0.3) is 0 Å². The molecule has 1 aromatic carbocycles. The molecule has 2 N–H and O–H groups in total. The highest BCUT2D eigenvalue weighted by atomic mass is 32.1. The molecule has 4 heterocycles. The third-order valence-corrected chi connectivity index (χ3v) is 6.54. The molecule has 0 aliphatic carbocycles. The number of carbonyl (C=O) groups excluding carboxylic acids is 1. The molecule has 0 bridgehead atoms. The first kappa shape index (κ1) is 23.5. The Labute approximate surface area is 215 Å². The fourth-order valence-electron chi connectivity index (χ4n) is 4.53. The Morgan fingerprint density at radius 2 is 1.86 bits per heavy atom. The zero-order valence-electron chi connectivity index (χ0n) is 19.7. The summed E-state index contributed by atoms with van der Waals surface area (Å²) >= 11 is 5.77. The third-order valence-electron chi connectivity index (χ3n) is 6.18. The van der Waals surface area contributed by atoms with Crippen molar-refractivity contribution >= 4 is 28.9 Å². The van der Waals surface area contributed by atoms with Crippen molar-refractivity contribution in [1.82, 2.24) is 24.8 Å². The van der Waals surface area contributed by atoms with Crippen molar-refractivity contribution in [1.29, 1.82) is 0 Å². The lowest BCUT2D eigenvalue weighted by atomic mass is 10.0. The van der Waals surface area contributed by atoms with Crippen molar-refractivity contribution in [2.24, 2.45) is 0 Å². The Bertz CT molecular complexity index is 1340. The Hall–Kier alpha value is -4.24. The number of hydrogen-bond acceptors (Lipinski definition) is 5. The molecule has 0 radical (unpaired) electrons. The first-order valence-corrected chi connectivity index (χ1v) is 12.0. The molecule has 1 saturated heterocycles. The summed E-state index contributed by atoms with van der Waals surface area (Å²) in [6.07, 6.45) is 7.59. The first-order valence-electron chi connectivity index (χ1n) is 11.6. The lowest BCUT2D eigenvalue weighted by Gasteiger charge is -2.28. The molecule has 4 aromatic rings. The van der Waals surface area contributed by atoms with Gasteiger partial charge in [-0.25, -0.2) is 0 Å². The van der Waals surface area contributed by atoms with Crippen LogP contribution in [0.1, 0.15) is 29.9 Å². The van der Waals surface area contributed by atoms with E-state index >= 15 is 0 Å². The molecule has 1 amide bonds. The molecule has 8 nitrogen and oxygen atoms in total. The van der Waals surface area contributed by atoms with Gasteiger partial charge < -0.3 is 24.8 Å². The zero-order chi connectivity index (χ0) is 24.9. The van der Waals surface area contributed by atoms with Gasteiger partial charge >= 0.3 is 0 Å². The van der Waals surface area contributed by atoms with Gasteiger partial charge in [-0.1, -0.05) is 18.2 Å². The summed E-state index contributed by atoms with van der Waals surface area (Å²) in [5.74, 6) is 0.499. The van der Waals surface area contributed by atoms with Gasteiger partial charge in [-0.3, -0.25) is 14.8 Å². The number of thiocarbonyl (C=S) groups is 1. The van der Waals surface area contributed by atoms with Gasteiger partial charge in [-0.2, -0.15) is 0 Å². The summed E-state index contributed by atoms with van der Waals surface area (Å²) in [6, 6.07) is 20.9. The van der Waals surface area contributed by atoms with E-state index in [1.165, 1.54) is 0 Å². The normalized spacial score (nSPS) is 17.0. The molecule has 1 aliphatic heterocycles. The molecule has 2 unspecified atom stereocenters. The smallest absolute Gasteiger partial charge is 0.226 e. The van der Waals surface area contributed by atoms with Gasteiger partial charge in [0.2, 0.25) is 5.91 Å². The molecule has 1 fully saturated rings. The van der Waals surface area contributed by atoms with E-state index in [2.05, 4.69) is 36.1 Å². The van der Waals surface area contributed by atoms with E-state index in [0.717, 1.165) is 17.1 Å². The summed E-state index contributed by atoms with van der Waals surface area (Å²) in [5, 5.41) is 6.98. The molecular formula is C27H26N6O2S. The van der Waals surface area contributed by atoms with Crippen LogP contribution in [0.5, 0.6) is 5.75 Å². The largest absolute Gasteiger partial charge is 0.495 e. The highest BCUT2D eigenvalue weighted by molar-refractivity contribution is 7.80. The highest BCUT2D eigenvalue weighted by Gasteiger charge is 2.41. The minimum Gasteiger partial charge on any atom is -0.495 e. The van der Waals surface area contributed by atoms with Crippen LogP contribution in [0.2, 0.25) is 0 Å². The second-order valence-corrected chi connectivity index (χ2v) is 8.71. The Morgan fingerprint density at radius 1 is 1.06 bits per heavy atom. The molecule has 3 aromatic heterocycles. The second kappa shape index (κ2) is 10.6. The standard InChI is InChI=1S/C27H26N6O2S/c1-35-23-10-3-2-7-20(23)30-24(34)13-18-33-26(25(31-27(33)36)21-8-4-5-14-29-21)22-9-6-17-32(22)19-11-15-28-16-12-19/h2-12,14-17,25-26H,13,18H2,1H3,(H,30,34)(H,31,36). The Balaban J connectivity index is 1.43. The van der Waals surface area contributed by atoms with Crippen LogP contribution < -0.4 is 15.4 Å². The number of amides is 1. The quantitative estimate of drug-likeness (QED) is 0.351. The molecule has 182 valence electrons. The van der Waals surface area contributed by atoms with Crippen LogP contribution in [0, 0.1) is 0 Å². The number of methoxy groups -OCH3 is 1. The van der Waals surface area contributed by atoms with Gasteiger partial charge in [-0.05, 0) is 60.7 Å². The van der Waals surface area contributed by atoms with Crippen LogP contribution in [0.15, 0.2) is 91.5 Å². The number of benzene rings is 1. The van der Waals surface area contributed by atoms with Crippen LogP contribution in [0.4, 0.5) is 5.69 Å². The van der Waals surface area contributed by atoms with E-state index < -0.39 is 0 Å². The number of hydrogen-bond donors (Lipinski definition) is 2. The van der Waals surface area contributed by atoms with Crippen molar-refractivity contribution in [2.45, 2.75) is 18.5 Å². The summed E-state index contributed by atoms with van der Waals surface area (Å²) in [4.78, 5) is 23.7. The van der Waals surface area contributed by atoms with Crippen molar-refractivity contribution in [3.8, 4) is 11.4 Å². The fraction of sp³-hybridized carbons (Fsp3) is 0.185. The summed E-state index contributed by atoms with van der Waals surface area (Å²) < 4.78 is 7.48. The minimum absolute atomic E-state index is 0.119. The number of para-hydroxylation sites is 2. The fourth-order valence-corrected chi connectivity index (χ4v) is 4.86. The number of ether oxygens (including phenoxy) is 1. The molecule has 5 rings (SSSR count). The number of rotatable bonds is 8. The van der Waals surface area contributed by atoms with Crippen LogP contribution in [0.3, 0.4) is 0 Å². The SMILES string of the molecule is COc1ccccc1NC(=O)CCN1C(=S)NC(c2ccccn2)C1c1cccn1-c1ccncc1. The van der Waals surface area contributed by atoms with Crippen LogP contribution >= 0.6 is 12.2 Å². The van der Waals surface area contributed by atoms with Gasteiger partial charge in [-0.15, -0.1) is 0 Å². The molecule has 0 saturated carbocycles. The number of anilines is 1. The number of pyridine rings is 2. The van der Waals surface area contributed by atoms with Crippen molar-refractivity contribution in [3.05, 3.63) is 103 Å². The van der Waals surface area contributed by atoms with Crippen molar-refractivity contribution in [3.63, 3.8) is 0 Å². The molecule has 36 heavy (non-hydrogen) atoms. The number of nitrogens with one attached hydrogen (secondary N) is 2. The maximum Gasteiger partial charge on any atom is 0.226 e. The van der Waals surface area contributed by atoms with Gasteiger partial charge in [0.05, 0.1) is 30.6 Å². The summed E-state index contributed by atoms with van der Waals surface area (Å²) in [5.41, 5.74) is 3.56. The molecule has 1 aliphatic rings. The topological polar surface area (TPSA) is 84.3 Å². The Morgan fingerprint density at radius 3 is 2.64 bits per heavy atom. The van der Waals surface area contributed by atoms with Gasteiger partial charge in [0.1, 0.15) is 5.75 Å². The average Bonchev–Trinajstić information content (AvgIpc) is 3.53. The highest BCUT2D eigenvalue weighted by Crippen LogP contribution is 2.39. The van der Waals surface area contributed by atoms with E-state index in [9.17, 15) is 4.79 Å². The van der Waals surface area contributed by atoms with E-state index in [4.69, 9.17) is 17.0 Å². The van der Waals surface area contributed by atoms with E-state index in [0.29, 0.717) is 23.1 Å². The zero-order valence-corrected chi connectivity index (χ0v) is 20.6. The molecule has 0 spiro atoms. The predicted octanol–water partition coefficient (Wildman–Crippen LogP) is 4.28. The lowest BCUT2D eigenvalue weighted by molar-refractivity contribution is -0.116. The second-order valence-electron chi connectivity index (χ2n) is 8.33. The average molecular weight is 499 g/mol. The number of nitrogens with zero attached hydrogens (tertiary/aromatic N) is 4. The van der Waals surface area contributed by atoms with Gasteiger partial charge in [0, 0.05) is 49.1 Å². The molecule has 2 atom stereocenters. The van der Waals surface area contributed by atoms with E-state index in [1.54, 1.807) is 25.7 Å². The summed E-state index contributed by atoms with van der Waals surface area (Å²) in [6.45, 7) is 0.433. The van der Waals surface area contributed by atoms with Crippen LogP contribution in [-0.2, 0) is 4.79 Å². The van der Waals surface area contributed by atoms with Crippen LogP contribution in [0.25, 0.3) is 5.69 Å². The minimum atomic E-state index is -0.175. The number of aromatic nitrogens is 3. The van der Waals surface area contributed by atoms with Crippen molar-refractivity contribution in [2.75, 3.05) is 19.0 Å². The van der Waals surface area contributed by atoms with Gasteiger partial charge in [0.15, 0.2) is 5.11 Å². The first-order chi connectivity index (χ1) is 17.7. The Kier molecular flexibility index (Phi) is 6.90. The number of carbonyl (C=O) groups is 1. The van der Waals surface area contributed by atoms with Crippen LogP contribution in [-0.4, -0.2) is 44.1 Å². The monoisotopic (exact) mass is 498 g/mol. The third kappa shape index (κ3) is 4.78. The van der Waals surface area contributed by atoms with Crippen molar-refractivity contribution < 1.29 is 9.53 Å². The molecule has 9 heteroatoms. The molecular weight excluding hydrogens is 472 g/mol. The lowest BCUT2D eigenvalue weighted by Crippen LogP contribution is -2.33. The summed E-state index contributed by atoms with van der Waals surface area (Å²) in [7, 11) is 1.58. The maximum absolute atomic E-state index is 12.9. The van der Waals surface area contributed by atoms with E-state index in [-0.39, 0.29) is 24.4 Å². The van der Waals surface area contributed by atoms with E-state index in [1.807, 2.05) is 66.9 Å². The predicted molar refractivity (Wildman–Crippen MR) is 142 cm³/mol.